The lowest BCUT2D eigenvalue weighted by Crippen LogP contribution is -2.34. The molecule has 15 heavy (non-hydrogen) atoms. The van der Waals surface area contributed by atoms with Gasteiger partial charge in [0.25, 0.3) is 0 Å². The molecule has 2 rings (SSSR count). The van der Waals surface area contributed by atoms with Crippen LogP contribution in [0.15, 0.2) is 12.3 Å². The van der Waals surface area contributed by atoms with Gasteiger partial charge in [-0.2, -0.15) is 0 Å². The quantitative estimate of drug-likeness (QED) is 0.681. The Balaban J connectivity index is 2.04. The third kappa shape index (κ3) is 2.32. The predicted octanol–water partition coefficient (Wildman–Crippen LogP) is 1.20. The monoisotopic (exact) mass is 205 g/mol. The van der Waals surface area contributed by atoms with Gasteiger partial charge in [-0.3, -0.25) is 0 Å². The standard InChI is InChI=1S/C11H15N3O/c1-9-12-5-2-11(13-9)14-6-3-10(8-15)4-7-14/h2,5,8,10H,3-4,6-7H2,1H3. The van der Waals surface area contributed by atoms with Crippen molar-refractivity contribution in [3.8, 4) is 0 Å². The molecule has 1 fully saturated rings. The maximum atomic E-state index is 10.6. The van der Waals surface area contributed by atoms with E-state index in [1.54, 1.807) is 6.20 Å². The molecule has 0 atom stereocenters. The van der Waals surface area contributed by atoms with E-state index in [2.05, 4.69) is 14.9 Å². The number of hydrogen-bond acceptors (Lipinski definition) is 4. The third-order valence-electron chi connectivity index (χ3n) is 2.82. The summed E-state index contributed by atoms with van der Waals surface area (Å²) in [7, 11) is 0. The first-order valence-corrected chi connectivity index (χ1v) is 5.29. The van der Waals surface area contributed by atoms with Crippen molar-refractivity contribution in [2.24, 2.45) is 5.92 Å². The molecule has 0 radical (unpaired) electrons. The van der Waals surface area contributed by atoms with Crippen molar-refractivity contribution in [2.45, 2.75) is 19.8 Å². The summed E-state index contributed by atoms with van der Waals surface area (Å²) < 4.78 is 0. The molecule has 0 N–H and O–H groups in total. The molecule has 4 heteroatoms. The number of carbonyl (C=O) groups excluding carboxylic acids is 1. The van der Waals surface area contributed by atoms with Gasteiger partial charge in [0.05, 0.1) is 0 Å². The van der Waals surface area contributed by atoms with Crippen LogP contribution < -0.4 is 4.90 Å². The van der Waals surface area contributed by atoms with Gasteiger partial charge in [-0.25, -0.2) is 9.97 Å². The number of piperidine rings is 1. The number of nitrogens with zero attached hydrogens (tertiary/aromatic N) is 3. The second-order valence-electron chi connectivity index (χ2n) is 3.92. The summed E-state index contributed by atoms with van der Waals surface area (Å²) in [6.07, 6.45) is 4.73. The fourth-order valence-electron chi connectivity index (χ4n) is 1.88. The van der Waals surface area contributed by atoms with Crippen LogP contribution in [0.5, 0.6) is 0 Å². The highest BCUT2D eigenvalue weighted by Crippen LogP contribution is 2.19. The van der Waals surface area contributed by atoms with Gasteiger partial charge in [-0.05, 0) is 25.8 Å². The van der Waals surface area contributed by atoms with Crippen molar-refractivity contribution in [1.29, 1.82) is 0 Å². The molecular formula is C11H15N3O. The summed E-state index contributed by atoms with van der Waals surface area (Å²) in [4.78, 5) is 21.3. The van der Waals surface area contributed by atoms with E-state index in [9.17, 15) is 4.79 Å². The van der Waals surface area contributed by atoms with E-state index in [1.807, 2.05) is 13.0 Å². The molecule has 0 unspecified atom stereocenters. The topological polar surface area (TPSA) is 46.1 Å². The number of rotatable bonds is 2. The minimum absolute atomic E-state index is 0.240. The number of aromatic nitrogens is 2. The SMILES string of the molecule is Cc1nccc(N2CCC(C=O)CC2)n1. The molecule has 2 heterocycles. The average molecular weight is 205 g/mol. The van der Waals surface area contributed by atoms with Gasteiger partial charge in [0.1, 0.15) is 17.9 Å². The molecule has 0 amide bonds. The maximum absolute atomic E-state index is 10.6. The highest BCUT2D eigenvalue weighted by molar-refractivity contribution is 5.54. The number of aldehydes is 1. The molecule has 1 aromatic rings. The zero-order valence-corrected chi connectivity index (χ0v) is 8.89. The average Bonchev–Trinajstić information content (AvgIpc) is 2.29. The van der Waals surface area contributed by atoms with Gasteiger partial charge in [0.15, 0.2) is 0 Å². The van der Waals surface area contributed by atoms with Gasteiger partial charge < -0.3 is 9.69 Å². The first-order chi connectivity index (χ1) is 7.29. The maximum Gasteiger partial charge on any atom is 0.132 e. The highest BCUT2D eigenvalue weighted by atomic mass is 16.1. The number of hydrogen-bond donors (Lipinski definition) is 0. The van der Waals surface area contributed by atoms with Crippen LogP contribution >= 0.6 is 0 Å². The number of anilines is 1. The first kappa shape index (κ1) is 10.1. The Bertz CT molecular complexity index is 345. The smallest absolute Gasteiger partial charge is 0.132 e. The van der Waals surface area contributed by atoms with Crippen LogP contribution in [0.4, 0.5) is 5.82 Å². The molecule has 0 aromatic carbocycles. The fraction of sp³-hybridized carbons (Fsp3) is 0.545. The minimum atomic E-state index is 0.240. The summed E-state index contributed by atoms with van der Waals surface area (Å²) in [6.45, 7) is 3.72. The molecular weight excluding hydrogens is 190 g/mol. The molecule has 4 nitrogen and oxygen atoms in total. The highest BCUT2D eigenvalue weighted by Gasteiger charge is 2.19. The molecule has 1 aliphatic rings. The molecule has 0 spiro atoms. The Labute approximate surface area is 89.3 Å². The zero-order chi connectivity index (χ0) is 10.7. The van der Waals surface area contributed by atoms with Crippen molar-refractivity contribution in [3.63, 3.8) is 0 Å². The third-order valence-corrected chi connectivity index (χ3v) is 2.82. The second kappa shape index (κ2) is 4.38. The predicted molar refractivity (Wildman–Crippen MR) is 57.8 cm³/mol. The van der Waals surface area contributed by atoms with Gasteiger partial charge in [0.2, 0.25) is 0 Å². The van der Waals surface area contributed by atoms with Gasteiger partial charge in [0, 0.05) is 25.2 Å². The van der Waals surface area contributed by atoms with Crippen LogP contribution in [-0.4, -0.2) is 29.3 Å². The van der Waals surface area contributed by atoms with Crippen LogP contribution in [-0.2, 0) is 4.79 Å². The van der Waals surface area contributed by atoms with Crippen LogP contribution in [0.2, 0.25) is 0 Å². The minimum Gasteiger partial charge on any atom is -0.356 e. The van der Waals surface area contributed by atoms with E-state index in [1.165, 1.54) is 0 Å². The van der Waals surface area contributed by atoms with Crippen LogP contribution in [0.1, 0.15) is 18.7 Å². The van der Waals surface area contributed by atoms with E-state index < -0.39 is 0 Å². The van der Waals surface area contributed by atoms with Crippen LogP contribution in [0.25, 0.3) is 0 Å². The van der Waals surface area contributed by atoms with Crippen molar-refractivity contribution in [2.75, 3.05) is 18.0 Å². The molecule has 1 aliphatic heterocycles. The van der Waals surface area contributed by atoms with Gasteiger partial charge in [-0.15, -0.1) is 0 Å². The number of aryl methyl sites for hydroxylation is 1. The van der Waals surface area contributed by atoms with Gasteiger partial charge >= 0.3 is 0 Å². The number of carbonyl (C=O) groups is 1. The van der Waals surface area contributed by atoms with Crippen LogP contribution in [0, 0.1) is 12.8 Å². The van der Waals surface area contributed by atoms with E-state index >= 15 is 0 Å². The van der Waals surface area contributed by atoms with Crippen molar-refractivity contribution in [1.82, 2.24) is 9.97 Å². The molecule has 0 saturated carbocycles. The molecule has 0 bridgehead atoms. The summed E-state index contributed by atoms with van der Waals surface area (Å²) in [5, 5.41) is 0. The molecule has 1 saturated heterocycles. The second-order valence-corrected chi connectivity index (χ2v) is 3.92. The largest absolute Gasteiger partial charge is 0.356 e. The molecule has 80 valence electrons. The Morgan fingerprint density at radius 2 is 2.20 bits per heavy atom. The Kier molecular flexibility index (Phi) is 2.94. The lowest BCUT2D eigenvalue weighted by atomic mass is 9.99. The Hall–Kier alpha value is -1.45. The van der Waals surface area contributed by atoms with Crippen molar-refractivity contribution >= 4 is 12.1 Å². The van der Waals surface area contributed by atoms with E-state index in [-0.39, 0.29) is 5.92 Å². The van der Waals surface area contributed by atoms with E-state index in [0.717, 1.165) is 43.9 Å². The summed E-state index contributed by atoms with van der Waals surface area (Å²) >= 11 is 0. The Morgan fingerprint density at radius 1 is 1.47 bits per heavy atom. The van der Waals surface area contributed by atoms with Crippen molar-refractivity contribution < 1.29 is 4.79 Å². The summed E-state index contributed by atoms with van der Waals surface area (Å²) in [6, 6.07) is 1.92. The van der Waals surface area contributed by atoms with Crippen molar-refractivity contribution in [3.05, 3.63) is 18.1 Å². The zero-order valence-electron chi connectivity index (χ0n) is 8.89. The lowest BCUT2D eigenvalue weighted by molar-refractivity contribution is -0.111. The summed E-state index contributed by atoms with van der Waals surface area (Å²) in [5.41, 5.74) is 0. The molecule has 0 aliphatic carbocycles. The van der Waals surface area contributed by atoms with E-state index in [4.69, 9.17) is 0 Å². The normalized spacial score (nSPS) is 17.8. The molecule has 1 aromatic heterocycles. The first-order valence-electron chi connectivity index (χ1n) is 5.29. The van der Waals surface area contributed by atoms with Crippen LogP contribution in [0.3, 0.4) is 0 Å². The van der Waals surface area contributed by atoms with Gasteiger partial charge in [-0.1, -0.05) is 0 Å². The Morgan fingerprint density at radius 3 is 2.80 bits per heavy atom. The summed E-state index contributed by atoms with van der Waals surface area (Å²) in [5.74, 6) is 2.01. The lowest BCUT2D eigenvalue weighted by Gasteiger charge is -2.30. The fourth-order valence-corrected chi connectivity index (χ4v) is 1.88. The van der Waals surface area contributed by atoms with E-state index in [0.29, 0.717) is 0 Å².